The van der Waals surface area contributed by atoms with Crippen LogP contribution in [0.5, 0.6) is 0 Å². The summed E-state index contributed by atoms with van der Waals surface area (Å²) in [5.41, 5.74) is 1.27. The fourth-order valence-electron chi connectivity index (χ4n) is 0.930. The van der Waals surface area contributed by atoms with Crippen molar-refractivity contribution < 1.29 is 5.11 Å². The normalized spacial score (nSPS) is 12.9. The molecule has 0 radical (unpaired) electrons. The first kappa shape index (κ1) is 8.75. The predicted molar refractivity (Wildman–Crippen MR) is 49.7 cm³/mol. The van der Waals surface area contributed by atoms with Gasteiger partial charge in [-0.1, -0.05) is 46.3 Å². The molecule has 60 valence electrons. The van der Waals surface area contributed by atoms with E-state index in [1.54, 1.807) is 0 Å². The topological polar surface area (TPSA) is 20.2 Å². The van der Waals surface area contributed by atoms with E-state index >= 15 is 0 Å². The lowest BCUT2D eigenvalue weighted by atomic mass is 10.1. The van der Waals surface area contributed by atoms with E-state index in [0.717, 1.165) is 12.8 Å². The summed E-state index contributed by atoms with van der Waals surface area (Å²) in [6.07, 6.45) is 1.69. The van der Waals surface area contributed by atoms with Gasteiger partial charge in [-0.3, -0.25) is 0 Å². The summed E-state index contributed by atoms with van der Waals surface area (Å²) in [5, 5.41) is 8.56. The zero-order valence-electron chi connectivity index (χ0n) is 6.20. The molecular weight excluding hydrogens is 204 g/mol. The highest BCUT2D eigenvalue weighted by Crippen LogP contribution is 2.07. The maximum Gasteiger partial charge on any atom is 0.109 e. The molecule has 1 aromatic rings. The highest BCUT2D eigenvalue weighted by molar-refractivity contribution is 9.09. The zero-order chi connectivity index (χ0) is 8.10. The Hall–Kier alpha value is -0.340. The number of halogens is 1. The molecule has 0 aromatic heterocycles. The van der Waals surface area contributed by atoms with E-state index in [4.69, 9.17) is 5.11 Å². The van der Waals surface area contributed by atoms with E-state index in [2.05, 4.69) is 28.1 Å². The average Bonchev–Trinajstić information content (AvgIpc) is 2.03. The minimum absolute atomic E-state index is 0.372. The maximum atomic E-state index is 8.93. The average molecular weight is 215 g/mol. The van der Waals surface area contributed by atoms with Crippen LogP contribution < -0.4 is 0 Å². The van der Waals surface area contributed by atoms with E-state index in [0.29, 0.717) is 0 Å². The van der Waals surface area contributed by atoms with E-state index in [1.165, 1.54) is 5.56 Å². The van der Waals surface area contributed by atoms with Crippen molar-refractivity contribution in [3.8, 4) is 0 Å². The summed E-state index contributed by atoms with van der Waals surface area (Å²) in [6, 6.07) is 10.1. The van der Waals surface area contributed by atoms with Crippen LogP contribution in [0.1, 0.15) is 12.0 Å². The lowest BCUT2D eigenvalue weighted by Crippen LogP contribution is -1.96. The molecule has 0 bridgehead atoms. The van der Waals surface area contributed by atoms with Crippen LogP contribution in [0, 0.1) is 0 Å². The van der Waals surface area contributed by atoms with Crippen molar-refractivity contribution in [2.75, 3.05) is 0 Å². The molecular formula is C9H11BrO. The summed E-state index contributed by atoms with van der Waals surface area (Å²) < 4.78 is 0. The van der Waals surface area contributed by atoms with Crippen LogP contribution in [0.2, 0.25) is 0 Å². The van der Waals surface area contributed by atoms with Crippen molar-refractivity contribution in [3.05, 3.63) is 35.9 Å². The van der Waals surface area contributed by atoms with Crippen LogP contribution in [0.3, 0.4) is 0 Å². The molecule has 0 spiro atoms. The fraction of sp³-hybridized carbons (Fsp3) is 0.333. The van der Waals surface area contributed by atoms with E-state index < -0.39 is 0 Å². The SMILES string of the molecule is OC(Br)CCc1ccccc1. The van der Waals surface area contributed by atoms with Crippen LogP contribution in [-0.2, 0) is 6.42 Å². The van der Waals surface area contributed by atoms with Gasteiger partial charge in [0.2, 0.25) is 0 Å². The highest BCUT2D eigenvalue weighted by atomic mass is 79.9. The molecule has 11 heavy (non-hydrogen) atoms. The third-order valence-electron chi connectivity index (χ3n) is 1.51. The monoisotopic (exact) mass is 214 g/mol. The summed E-state index contributed by atoms with van der Waals surface area (Å²) in [5.74, 6) is 0. The lowest BCUT2D eigenvalue weighted by molar-refractivity contribution is 0.260. The molecule has 0 aliphatic carbocycles. The molecule has 1 aromatic carbocycles. The number of hydrogen-bond acceptors (Lipinski definition) is 1. The Labute approximate surface area is 75.2 Å². The molecule has 2 heteroatoms. The van der Waals surface area contributed by atoms with Crippen molar-refractivity contribution >= 4 is 15.9 Å². The smallest absolute Gasteiger partial charge is 0.109 e. The number of aliphatic hydroxyl groups excluding tert-OH is 1. The molecule has 1 N–H and O–H groups in total. The Morgan fingerprint density at radius 3 is 2.45 bits per heavy atom. The second-order valence-corrected chi connectivity index (χ2v) is 3.52. The second kappa shape index (κ2) is 4.52. The fourth-order valence-corrected chi connectivity index (χ4v) is 1.16. The summed E-state index contributed by atoms with van der Waals surface area (Å²) in [6.45, 7) is 0. The third kappa shape index (κ3) is 3.54. The van der Waals surface area contributed by atoms with E-state index in [-0.39, 0.29) is 5.01 Å². The van der Waals surface area contributed by atoms with Crippen LogP contribution in [0.4, 0.5) is 0 Å². The molecule has 0 fully saturated rings. The predicted octanol–water partition coefficient (Wildman–Crippen LogP) is 2.33. The van der Waals surface area contributed by atoms with E-state index in [1.807, 2.05) is 18.2 Å². The standard InChI is InChI=1S/C9H11BrO/c10-9(11)7-6-8-4-2-1-3-5-8/h1-5,9,11H,6-7H2. The number of rotatable bonds is 3. The minimum atomic E-state index is -0.372. The third-order valence-corrected chi connectivity index (χ3v) is 1.97. The summed E-state index contributed by atoms with van der Waals surface area (Å²) >= 11 is 3.09. The molecule has 0 saturated carbocycles. The molecule has 0 aliphatic rings. The van der Waals surface area contributed by atoms with Gasteiger partial charge in [-0.2, -0.15) is 0 Å². The van der Waals surface area contributed by atoms with Gasteiger partial charge < -0.3 is 5.11 Å². The first-order valence-corrected chi connectivity index (χ1v) is 4.56. The molecule has 0 heterocycles. The Bertz CT molecular complexity index is 196. The van der Waals surface area contributed by atoms with Crippen molar-refractivity contribution in [1.29, 1.82) is 0 Å². The summed E-state index contributed by atoms with van der Waals surface area (Å²) in [7, 11) is 0. The Balaban J connectivity index is 2.39. The molecule has 1 nitrogen and oxygen atoms in total. The Kier molecular flexibility index (Phi) is 3.60. The summed E-state index contributed by atoms with van der Waals surface area (Å²) in [4.78, 5) is 0. The molecule has 1 atom stereocenters. The van der Waals surface area contributed by atoms with Gasteiger partial charge >= 0.3 is 0 Å². The molecule has 0 amide bonds. The Morgan fingerprint density at radius 2 is 1.91 bits per heavy atom. The minimum Gasteiger partial charge on any atom is -0.382 e. The number of aryl methyl sites for hydroxylation is 1. The van der Waals surface area contributed by atoms with Gasteiger partial charge in [-0.05, 0) is 18.4 Å². The van der Waals surface area contributed by atoms with Gasteiger partial charge in [0.05, 0.1) is 0 Å². The van der Waals surface area contributed by atoms with Crippen LogP contribution >= 0.6 is 15.9 Å². The Morgan fingerprint density at radius 1 is 1.27 bits per heavy atom. The van der Waals surface area contributed by atoms with Crippen LogP contribution in [0.25, 0.3) is 0 Å². The number of aliphatic hydroxyl groups is 1. The number of alkyl halides is 1. The molecule has 0 saturated heterocycles. The van der Waals surface area contributed by atoms with Gasteiger partial charge in [-0.15, -0.1) is 0 Å². The largest absolute Gasteiger partial charge is 0.382 e. The first-order valence-electron chi connectivity index (χ1n) is 3.65. The van der Waals surface area contributed by atoms with E-state index in [9.17, 15) is 0 Å². The van der Waals surface area contributed by atoms with Crippen LogP contribution in [0.15, 0.2) is 30.3 Å². The van der Waals surface area contributed by atoms with Crippen molar-refractivity contribution in [3.63, 3.8) is 0 Å². The number of hydrogen-bond donors (Lipinski definition) is 1. The lowest BCUT2D eigenvalue weighted by Gasteiger charge is -2.01. The van der Waals surface area contributed by atoms with Gasteiger partial charge in [0.1, 0.15) is 5.01 Å². The number of benzene rings is 1. The van der Waals surface area contributed by atoms with Gasteiger partial charge in [0.25, 0.3) is 0 Å². The maximum absolute atomic E-state index is 8.93. The van der Waals surface area contributed by atoms with Crippen molar-refractivity contribution in [1.82, 2.24) is 0 Å². The quantitative estimate of drug-likeness (QED) is 0.767. The van der Waals surface area contributed by atoms with Crippen molar-refractivity contribution in [2.24, 2.45) is 0 Å². The molecule has 1 rings (SSSR count). The van der Waals surface area contributed by atoms with Gasteiger partial charge in [0, 0.05) is 0 Å². The molecule has 1 unspecified atom stereocenters. The first-order chi connectivity index (χ1) is 5.29. The molecule has 0 aliphatic heterocycles. The van der Waals surface area contributed by atoms with Gasteiger partial charge in [-0.25, -0.2) is 0 Å². The van der Waals surface area contributed by atoms with Crippen molar-refractivity contribution in [2.45, 2.75) is 17.9 Å². The van der Waals surface area contributed by atoms with Crippen LogP contribution in [-0.4, -0.2) is 10.1 Å². The van der Waals surface area contributed by atoms with Gasteiger partial charge in [0.15, 0.2) is 0 Å². The highest BCUT2D eigenvalue weighted by Gasteiger charge is 1.97. The second-order valence-electron chi connectivity index (χ2n) is 2.46. The zero-order valence-corrected chi connectivity index (χ0v) is 7.79.